The molecule has 1 atom stereocenters. The van der Waals surface area contributed by atoms with Crippen molar-refractivity contribution in [1.29, 1.82) is 0 Å². The van der Waals surface area contributed by atoms with Crippen LogP contribution in [0.4, 0.5) is 0 Å². The molecule has 1 saturated heterocycles. The highest BCUT2D eigenvalue weighted by Gasteiger charge is 2.33. The summed E-state index contributed by atoms with van der Waals surface area (Å²) in [7, 11) is 1.77. The molecular weight excluding hydrogens is 531 g/mol. The van der Waals surface area contributed by atoms with Gasteiger partial charge in [0.25, 0.3) is 0 Å². The number of amides is 1. The van der Waals surface area contributed by atoms with Gasteiger partial charge in [0.15, 0.2) is 5.96 Å². The summed E-state index contributed by atoms with van der Waals surface area (Å²) in [5.41, 5.74) is 1.26. The van der Waals surface area contributed by atoms with Gasteiger partial charge in [-0.25, -0.2) is 0 Å². The third-order valence-corrected chi connectivity index (χ3v) is 6.71. The Morgan fingerprint density at radius 2 is 1.88 bits per heavy atom. The van der Waals surface area contributed by atoms with E-state index in [2.05, 4.69) is 17.6 Å². The number of morpholine rings is 1. The topological polar surface area (TPSA) is 75.2 Å². The van der Waals surface area contributed by atoms with Gasteiger partial charge in [0.05, 0.1) is 19.1 Å². The molecule has 1 amide bonds. The fraction of sp³-hybridized carbons (Fsp3) is 0.680. The molecule has 0 aromatic heterocycles. The average Bonchev–Trinajstić information content (AvgIpc) is 3.31. The highest BCUT2D eigenvalue weighted by atomic mass is 127. The lowest BCUT2D eigenvalue weighted by Gasteiger charge is -2.31. The van der Waals surface area contributed by atoms with Crippen molar-refractivity contribution in [1.82, 2.24) is 15.5 Å². The largest absolute Gasteiger partial charge is 0.385 e. The SMILES string of the molecule is CCNC(=NCC1(CCOC)CCCC1)NCC(C(=O)N1CCOCC1)c1ccccc1.I. The van der Waals surface area contributed by atoms with Crippen LogP contribution in [0.1, 0.15) is 50.5 Å². The zero-order valence-corrected chi connectivity index (χ0v) is 22.5. The lowest BCUT2D eigenvalue weighted by atomic mass is 9.83. The fourth-order valence-corrected chi connectivity index (χ4v) is 4.76. The minimum Gasteiger partial charge on any atom is -0.385 e. The molecule has 2 aliphatic rings. The van der Waals surface area contributed by atoms with Gasteiger partial charge in [-0.05, 0) is 37.2 Å². The van der Waals surface area contributed by atoms with E-state index in [4.69, 9.17) is 14.5 Å². The Bertz CT molecular complexity index is 720. The summed E-state index contributed by atoms with van der Waals surface area (Å²) < 4.78 is 10.8. The molecule has 3 rings (SSSR count). The number of hydrogen-bond donors (Lipinski definition) is 2. The lowest BCUT2D eigenvalue weighted by molar-refractivity contribution is -0.136. The van der Waals surface area contributed by atoms with Gasteiger partial charge in [-0.1, -0.05) is 43.2 Å². The molecule has 1 saturated carbocycles. The van der Waals surface area contributed by atoms with Crippen molar-refractivity contribution < 1.29 is 14.3 Å². The number of benzene rings is 1. The van der Waals surface area contributed by atoms with Crippen LogP contribution >= 0.6 is 24.0 Å². The molecule has 0 spiro atoms. The van der Waals surface area contributed by atoms with E-state index >= 15 is 0 Å². The number of halogens is 1. The Hall–Kier alpha value is -1.39. The quantitative estimate of drug-likeness (QED) is 0.256. The van der Waals surface area contributed by atoms with E-state index in [1.807, 2.05) is 35.2 Å². The van der Waals surface area contributed by atoms with E-state index in [1.165, 1.54) is 25.7 Å². The molecule has 2 N–H and O–H groups in total. The second-order valence-electron chi connectivity index (χ2n) is 8.93. The number of hydrogen-bond acceptors (Lipinski definition) is 4. The molecule has 1 aliphatic heterocycles. The van der Waals surface area contributed by atoms with Gasteiger partial charge in [0, 0.05) is 46.4 Å². The monoisotopic (exact) mass is 572 g/mol. The van der Waals surface area contributed by atoms with Crippen LogP contribution in [0.3, 0.4) is 0 Å². The average molecular weight is 573 g/mol. The summed E-state index contributed by atoms with van der Waals surface area (Å²) in [5.74, 6) is 0.675. The predicted molar refractivity (Wildman–Crippen MR) is 143 cm³/mol. The minimum absolute atomic E-state index is 0. The molecule has 1 heterocycles. The smallest absolute Gasteiger partial charge is 0.232 e. The second-order valence-corrected chi connectivity index (χ2v) is 8.93. The molecule has 186 valence electrons. The first-order valence-electron chi connectivity index (χ1n) is 12.1. The number of methoxy groups -OCH3 is 1. The summed E-state index contributed by atoms with van der Waals surface area (Å²) in [6.07, 6.45) is 6.01. The standard InChI is InChI=1S/C25H40N4O3.HI/c1-3-26-24(28-20-25(13-16-31-2)11-7-8-12-25)27-19-22(21-9-5-4-6-10-21)23(30)29-14-17-32-18-15-29;/h4-6,9-10,22H,3,7-8,11-20H2,1-2H3,(H2,26,27,28);1H. The molecule has 33 heavy (non-hydrogen) atoms. The third kappa shape index (κ3) is 8.40. The zero-order valence-electron chi connectivity index (χ0n) is 20.2. The molecule has 1 aliphatic carbocycles. The maximum Gasteiger partial charge on any atom is 0.232 e. The van der Waals surface area contributed by atoms with Crippen LogP contribution in [0.2, 0.25) is 0 Å². The maximum atomic E-state index is 13.4. The van der Waals surface area contributed by atoms with Crippen LogP contribution in [0.5, 0.6) is 0 Å². The van der Waals surface area contributed by atoms with Crippen molar-refractivity contribution in [2.45, 2.75) is 44.9 Å². The van der Waals surface area contributed by atoms with Crippen LogP contribution in [-0.4, -0.2) is 76.4 Å². The Morgan fingerprint density at radius 1 is 1.18 bits per heavy atom. The van der Waals surface area contributed by atoms with E-state index in [-0.39, 0.29) is 41.2 Å². The van der Waals surface area contributed by atoms with Crippen molar-refractivity contribution in [3.05, 3.63) is 35.9 Å². The highest BCUT2D eigenvalue weighted by molar-refractivity contribution is 14.0. The van der Waals surface area contributed by atoms with Gasteiger partial charge in [0.2, 0.25) is 5.91 Å². The highest BCUT2D eigenvalue weighted by Crippen LogP contribution is 2.41. The number of nitrogens with zero attached hydrogens (tertiary/aromatic N) is 2. The number of carbonyl (C=O) groups excluding carboxylic acids is 1. The van der Waals surface area contributed by atoms with E-state index in [0.29, 0.717) is 32.8 Å². The Kier molecular flexibility index (Phi) is 12.5. The van der Waals surface area contributed by atoms with Gasteiger partial charge in [-0.2, -0.15) is 0 Å². The van der Waals surface area contributed by atoms with E-state index in [9.17, 15) is 4.79 Å². The molecule has 7 nitrogen and oxygen atoms in total. The summed E-state index contributed by atoms with van der Waals surface area (Å²) in [4.78, 5) is 20.2. The van der Waals surface area contributed by atoms with Crippen molar-refractivity contribution >= 4 is 35.8 Å². The van der Waals surface area contributed by atoms with Crippen LogP contribution in [-0.2, 0) is 14.3 Å². The Morgan fingerprint density at radius 3 is 2.52 bits per heavy atom. The number of guanidine groups is 1. The van der Waals surface area contributed by atoms with E-state index < -0.39 is 0 Å². The number of aliphatic imine (C=N–C) groups is 1. The van der Waals surface area contributed by atoms with Crippen molar-refractivity contribution in [3.63, 3.8) is 0 Å². The molecule has 1 unspecified atom stereocenters. The van der Waals surface area contributed by atoms with Gasteiger partial charge < -0.3 is 25.0 Å². The molecule has 2 fully saturated rings. The summed E-state index contributed by atoms with van der Waals surface area (Å²) in [6.45, 7) is 7.45. The zero-order chi connectivity index (χ0) is 22.7. The van der Waals surface area contributed by atoms with Crippen molar-refractivity contribution in [3.8, 4) is 0 Å². The van der Waals surface area contributed by atoms with Gasteiger partial charge >= 0.3 is 0 Å². The Labute approximate surface area is 216 Å². The van der Waals surface area contributed by atoms with Crippen LogP contribution in [0.15, 0.2) is 35.3 Å². The number of ether oxygens (including phenoxy) is 2. The van der Waals surface area contributed by atoms with Gasteiger partial charge in [-0.3, -0.25) is 9.79 Å². The number of nitrogens with one attached hydrogen (secondary N) is 2. The molecule has 0 radical (unpaired) electrons. The second kappa shape index (κ2) is 14.8. The number of carbonyl (C=O) groups is 1. The van der Waals surface area contributed by atoms with Crippen molar-refractivity contribution in [2.24, 2.45) is 10.4 Å². The van der Waals surface area contributed by atoms with E-state index in [1.54, 1.807) is 7.11 Å². The Balaban J connectivity index is 0.00000385. The van der Waals surface area contributed by atoms with Crippen LogP contribution < -0.4 is 10.6 Å². The van der Waals surface area contributed by atoms with Crippen LogP contribution in [0.25, 0.3) is 0 Å². The van der Waals surface area contributed by atoms with E-state index in [0.717, 1.165) is 37.6 Å². The number of rotatable bonds is 10. The normalized spacial score (nSPS) is 19.0. The first-order valence-corrected chi connectivity index (χ1v) is 12.1. The molecule has 8 heteroatoms. The first kappa shape index (κ1) is 27.9. The molecule has 0 bridgehead atoms. The predicted octanol–water partition coefficient (Wildman–Crippen LogP) is 3.40. The molecular formula is C25H41IN4O3. The molecule has 1 aromatic carbocycles. The maximum absolute atomic E-state index is 13.4. The summed E-state index contributed by atoms with van der Waals surface area (Å²) >= 11 is 0. The van der Waals surface area contributed by atoms with Gasteiger partial charge in [0.1, 0.15) is 0 Å². The first-order chi connectivity index (χ1) is 15.7. The summed E-state index contributed by atoms with van der Waals surface area (Å²) in [5, 5.41) is 6.83. The van der Waals surface area contributed by atoms with Gasteiger partial charge in [-0.15, -0.1) is 24.0 Å². The van der Waals surface area contributed by atoms with Crippen LogP contribution in [0, 0.1) is 5.41 Å². The fourth-order valence-electron chi connectivity index (χ4n) is 4.76. The molecule has 1 aromatic rings. The summed E-state index contributed by atoms with van der Waals surface area (Å²) in [6, 6.07) is 10.0. The van der Waals surface area contributed by atoms with Crippen molar-refractivity contribution in [2.75, 3.05) is 59.7 Å². The minimum atomic E-state index is -0.257. The lowest BCUT2D eigenvalue weighted by Crippen LogP contribution is -2.47. The third-order valence-electron chi connectivity index (χ3n) is 6.71.